The number of carbonyl (C=O) groups is 2. The van der Waals surface area contributed by atoms with Crippen molar-refractivity contribution in [2.45, 2.75) is 26.8 Å². The third-order valence-corrected chi connectivity index (χ3v) is 6.30. The highest BCUT2D eigenvalue weighted by Crippen LogP contribution is 2.34. The molecular weight excluding hydrogens is 444 g/mol. The number of rotatable bonds is 8. The first-order chi connectivity index (χ1) is 17.0. The Morgan fingerprint density at radius 3 is 2.51 bits per heavy atom. The standard InChI is InChI=1S/C27H34N4O4/c1-4-34-23-12-7-6-11-21(23)25-24(26(32)35-5-2)22(28-27(33)29-25)18-30-13-15-31(16-14-30)20-10-8-9-19(3)17-20/h6-12,17,25H,4-5,13-16,18H2,1-3H3,(H2,28,29,33). The van der Waals surface area contributed by atoms with E-state index in [9.17, 15) is 9.59 Å². The fourth-order valence-electron chi connectivity index (χ4n) is 4.64. The van der Waals surface area contributed by atoms with Gasteiger partial charge in [-0.05, 0) is 44.5 Å². The van der Waals surface area contributed by atoms with Gasteiger partial charge in [-0.15, -0.1) is 0 Å². The third kappa shape index (κ3) is 5.77. The summed E-state index contributed by atoms with van der Waals surface area (Å²) in [6, 6.07) is 15.0. The van der Waals surface area contributed by atoms with E-state index in [4.69, 9.17) is 9.47 Å². The van der Waals surface area contributed by atoms with Gasteiger partial charge in [0.25, 0.3) is 0 Å². The van der Waals surface area contributed by atoms with Gasteiger partial charge < -0.3 is 25.0 Å². The lowest BCUT2D eigenvalue weighted by Crippen LogP contribution is -2.51. The number of anilines is 1. The number of piperazine rings is 1. The Morgan fingerprint density at radius 2 is 1.80 bits per heavy atom. The van der Waals surface area contributed by atoms with E-state index in [0.717, 1.165) is 31.7 Å². The average molecular weight is 479 g/mol. The molecule has 35 heavy (non-hydrogen) atoms. The minimum atomic E-state index is -0.658. The van der Waals surface area contributed by atoms with Crippen LogP contribution < -0.4 is 20.3 Å². The molecule has 0 radical (unpaired) electrons. The number of nitrogens with one attached hydrogen (secondary N) is 2. The van der Waals surface area contributed by atoms with E-state index in [2.05, 4.69) is 51.6 Å². The molecule has 2 aromatic carbocycles. The molecule has 186 valence electrons. The number of ether oxygens (including phenoxy) is 2. The lowest BCUT2D eigenvalue weighted by molar-refractivity contribution is -0.139. The number of urea groups is 1. The van der Waals surface area contributed by atoms with Gasteiger partial charge in [-0.3, -0.25) is 4.90 Å². The maximum atomic E-state index is 13.1. The zero-order chi connectivity index (χ0) is 24.8. The lowest BCUT2D eigenvalue weighted by atomic mass is 9.94. The Balaban J connectivity index is 1.59. The van der Waals surface area contributed by atoms with Gasteiger partial charge in [0.1, 0.15) is 5.75 Å². The summed E-state index contributed by atoms with van der Waals surface area (Å²) in [4.78, 5) is 30.5. The van der Waals surface area contributed by atoms with Gasteiger partial charge in [-0.1, -0.05) is 30.3 Å². The van der Waals surface area contributed by atoms with Gasteiger partial charge in [0.2, 0.25) is 0 Å². The van der Waals surface area contributed by atoms with Crippen molar-refractivity contribution in [2.24, 2.45) is 0 Å². The first kappa shape index (κ1) is 24.6. The summed E-state index contributed by atoms with van der Waals surface area (Å²) in [5.74, 6) is 0.194. The normalized spacial score (nSPS) is 18.7. The monoisotopic (exact) mass is 478 g/mol. The first-order valence-corrected chi connectivity index (χ1v) is 12.2. The van der Waals surface area contributed by atoms with Gasteiger partial charge >= 0.3 is 12.0 Å². The maximum absolute atomic E-state index is 13.1. The van der Waals surface area contributed by atoms with Crippen LogP contribution in [0.5, 0.6) is 5.75 Å². The van der Waals surface area contributed by atoms with Gasteiger partial charge in [-0.2, -0.15) is 0 Å². The topological polar surface area (TPSA) is 83.1 Å². The summed E-state index contributed by atoms with van der Waals surface area (Å²) in [5.41, 5.74) is 4.19. The summed E-state index contributed by atoms with van der Waals surface area (Å²) in [5, 5.41) is 5.79. The average Bonchev–Trinajstić information content (AvgIpc) is 2.85. The van der Waals surface area contributed by atoms with Crippen molar-refractivity contribution in [3.63, 3.8) is 0 Å². The molecule has 0 aliphatic carbocycles. The Bertz CT molecular complexity index is 1090. The van der Waals surface area contributed by atoms with Crippen LogP contribution in [0, 0.1) is 6.92 Å². The smallest absolute Gasteiger partial charge is 0.338 e. The summed E-state index contributed by atoms with van der Waals surface area (Å²) in [6.07, 6.45) is 0. The van der Waals surface area contributed by atoms with Crippen LogP contribution in [0.25, 0.3) is 0 Å². The molecule has 0 saturated carbocycles. The predicted molar refractivity (Wildman–Crippen MR) is 136 cm³/mol. The predicted octanol–water partition coefficient (Wildman–Crippen LogP) is 3.39. The molecular formula is C27H34N4O4. The summed E-state index contributed by atoms with van der Waals surface area (Å²) < 4.78 is 11.2. The molecule has 0 aromatic heterocycles. The Hall–Kier alpha value is -3.52. The van der Waals surface area contributed by atoms with Gasteiger partial charge in [-0.25, -0.2) is 9.59 Å². The van der Waals surface area contributed by atoms with Gasteiger partial charge in [0.15, 0.2) is 0 Å². The maximum Gasteiger partial charge on any atom is 0.338 e. The molecule has 8 nitrogen and oxygen atoms in total. The second-order valence-corrected chi connectivity index (χ2v) is 8.72. The van der Waals surface area contributed by atoms with Crippen molar-refractivity contribution in [2.75, 3.05) is 50.8 Å². The van der Waals surface area contributed by atoms with Crippen molar-refractivity contribution < 1.29 is 19.1 Å². The number of esters is 1. The number of aryl methyl sites for hydroxylation is 1. The van der Waals surface area contributed by atoms with E-state index in [-0.39, 0.29) is 12.6 Å². The number of nitrogens with zero attached hydrogens (tertiary/aromatic N) is 2. The minimum Gasteiger partial charge on any atom is -0.494 e. The number of carbonyl (C=O) groups excluding carboxylic acids is 2. The van der Waals surface area contributed by atoms with Crippen LogP contribution >= 0.6 is 0 Å². The number of para-hydroxylation sites is 1. The molecule has 2 aromatic rings. The molecule has 2 aliphatic heterocycles. The van der Waals surface area contributed by atoms with Crippen molar-refractivity contribution >= 4 is 17.7 Å². The molecule has 1 unspecified atom stereocenters. The van der Waals surface area contributed by atoms with E-state index in [1.54, 1.807) is 6.92 Å². The quantitative estimate of drug-likeness (QED) is 0.566. The zero-order valence-electron chi connectivity index (χ0n) is 20.7. The van der Waals surface area contributed by atoms with Crippen LogP contribution in [-0.4, -0.2) is 62.8 Å². The lowest BCUT2D eigenvalue weighted by Gasteiger charge is -2.38. The van der Waals surface area contributed by atoms with Gasteiger partial charge in [0.05, 0.1) is 24.8 Å². The summed E-state index contributed by atoms with van der Waals surface area (Å²) >= 11 is 0. The number of amides is 2. The van der Waals surface area contributed by atoms with Crippen molar-refractivity contribution in [1.82, 2.24) is 15.5 Å². The second kappa shape index (κ2) is 11.3. The van der Waals surface area contributed by atoms with E-state index in [1.165, 1.54) is 11.3 Å². The molecule has 2 heterocycles. The van der Waals surface area contributed by atoms with E-state index < -0.39 is 12.0 Å². The number of hydrogen-bond donors (Lipinski definition) is 2. The van der Waals surface area contributed by atoms with Crippen molar-refractivity contribution in [3.05, 3.63) is 70.9 Å². The molecule has 8 heteroatoms. The number of hydrogen-bond acceptors (Lipinski definition) is 6. The molecule has 0 spiro atoms. The van der Waals surface area contributed by atoms with Crippen molar-refractivity contribution in [3.8, 4) is 5.75 Å². The highest BCUT2D eigenvalue weighted by molar-refractivity contribution is 5.95. The molecule has 1 fully saturated rings. The van der Waals surface area contributed by atoms with Crippen LogP contribution in [0.3, 0.4) is 0 Å². The highest BCUT2D eigenvalue weighted by atomic mass is 16.5. The molecule has 2 aliphatic rings. The Morgan fingerprint density at radius 1 is 1.03 bits per heavy atom. The van der Waals surface area contributed by atoms with Crippen molar-refractivity contribution in [1.29, 1.82) is 0 Å². The van der Waals surface area contributed by atoms with E-state index >= 15 is 0 Å². The molecule has 4 rings (SSSR count). The molecule has 2 amide bonds. The SMILES string of the molecule is CCOC(=O)C1=C(CN2CCN(c3cccc(C)c3)CC2)NC(=O)NC1c1ccccc1OCC. The number of benzene rings is 2. The van der Waals surface area contributed by atoms with E-state index in [1.807, 2.05) is 31.2 Å². The zero-order valence-corrected chi connectivity index (χ0v) is 20.7. The Kier molecular flexibility index (Phi) is 7.92. The van der Waals surface area contributed by atoms with Crippen LogP contribution in [0.1, 0.15) is 31.0 Å². The van der Waals surface area contributed by atoms with Crippen LogP contribution in [-0.2, 0) is 9.53 Å². The molecule has 2 N–H and O–H groups in total. The fourth-order valence-corrected chi connectivity index (χ4v) is 4.64. The van der Waals surface area contributed by atoms with E-state index in [0.29, 0.717) is 30.2 Å². The second-order valence-electron chi connectivity index (χ2n) is 8.72. The Labute approximate surface area is 206 Å². The van der Waals surface area contributed by atoms with Crippen LogP contribution in [0.2, 0.25) is 0 Å². The summed E-state index contributed by atoms with van der Waals surface area (Å²) in [7, 11) is 0. The minimum absolute atomic E-state index is 0.249. The fraction of sp³-hybridized carbons (Fsp3) is 0.407. The van der Waals surface area contributed by atoms with Crippen LogP contribution in [0.4, 0.5) is 10.5 Å². The van der Waals surface area contributed by atoms with Crippen LogP contribution in [0.15, 0.2) is 59.8 Å². The highest BCUT2D eigenvalue weighted by Gasteiger charge is 2.36. The first-order valence-electron chi connectivity index (χ1n) is 12.2. The van der Waals surface area contributed by atoms with Gasteiger partial charge in [0, 0.05) is 49.7 Å². The largest absolute Gasteiger partial charge is 0.494 e. The summed E-state index contributed by atoms with van der Waals surface area (Å²) in [6.45, 7) is 10.3. The molecule has 1 atom stereocenters. The third-order valence-electron chi connectivity index (χ3n) is 6.30. The molecule has 1 saturated heterocycles. The molecule has 0 bridgehead atoms.